The van der Waals surface area contributed by atoms with Gasteiger partial charge >= 0.3 is 0 Å². The highest BCUT2D eigenvalue weighted by Crippen LogP contribution is 2.26. The van der Waals surface area contributed by atoms with Gasteiger partial charge in [0.1, 0.15) is 17.3 Å². The molecule has 0 spiro atoms. The molecule has 31 heavy (non-hydrogen) atoms. The molecule has 1 unspecified atom stereocenters. The first-order valence-electron chi connectivity index (χ1n) is 9.78. The summed E-state index contributed by atoms with van der Waals surface area (Å²) in [5.74, 6) is 0.244. The number of hydrogen-bond donors (Lipinski definition) is 2. The molecule has 1 atom stereocenters. The largest absolute Gasteiger partial charge is 0.365 e. The van der Waals surface area contributed by atoms with E-state index in [1.54, 1.807) is 24.1 Å². The van der Waals surface area contributed by atoms with E-state index in [9.17, 15) is 8.78 Å². The Morgan fingerprint density at radius 1 is 1.26 bits per heavy atom. The van der Waals surface area contributed by atoms with Gasteiger partial charge in [-0.3, -0.25) is 4.99 Å². The normalized spacial score (nSPS) is 16.6. The lowest BCUT2D eigenvalue weighted by Crippen LogP contribution is -2.44. The van der Waals surface area contributed by atoms with E-state index < -0.39 is 11.6 Å². The van der Waals surface area contributed by atoms with Crippen LogP contribution in [0.3, 0.4) is 0 Å². The molecule has 1 saturated heterocycles. The van der Waals surface area contributed by atoms with Gasteiger partial charge in [-0.2, -0.15) is 4.98 Å². The van der Waals surface area contributed by atoms with E-state index in [0.717, 1.165) is 5.56 Å². The summed E-state index contributed by atoms with van der Waals surface area (Å²) < 4.78 is 33.4. The minimum absolute atomic E-state index is 0.00847. The monoisotopic (exact) mass is 446 g/mol. The number of hydrogen-bond acceptors (Lipinski definition) is 5. The molecular formula is C21H21ClF2N6O. The van der Waals surface area contributed by atoms with Crippen molar-refractivity contribution in [2.45, 2.75) is 19.0 Å². The second-order valence-electron chi connectivity index (χ2n) is 7.09. The van der Waals surface area contributed by atoms with Gasteiger partial charge in [0, 0.05) is 36.8 Å². The lowest BCUT2D eigenvalue weighted by atomic mass is 10.2. The molecule has 10 heteroatoms. The van der Waals surface area contributed by atoms with E-state index in [4.69, 9.17) is 16.1 Å². The predicted molar refractivity (Wildman–Crippen MR) is 115 cm³/mol. The summed E-state index contributed by atoms with van der Waals surface area (Å²) in [5.41, 5.74) is 0.769. The van der Waals surface area contributed by atoms with Crippen LogP contribution in [-0.4, -0.2) is 42.3 Å². The zero-order chi connectivity index (χ0) is 21.8. The number of anilines is 1. The summed E-state index contributed by atoms with van der Waals surface area (Å²) in [6.07, 6.45) is 0.716. The Morgan fingerprint density at radius 3 is 2.77 bits per heavy atom. The van der Waals surface area contributed by atoms with Crippen LogP contribution in [0.1, 0.15) is 12.3 Å². The third kappa shape index (κ3) is 4.93. The number of aliphatic imine (C=N–C) groups is 1. The van der Waals surface area contributed by atoms with Gasteiger partial charge in [-0.05, 0) is 30.7 Å². The van der Waals surface area contributed by atoms with E-state index in [2.05, 4.69) is 25.8 Å². The molecule has 0 bridgehead atoms. The molecule has 2 aromatic carbocycles. The van der Waals surface area contributed by atoms with Gasteiger partial charge < -0.3 is 20.1 Å². The maximum absolute atomic E-state index is 14.0. The molecule has 3 aromatic rings. The third-order valence-electron chi connectivity index (χ3n) is 4.96. The molecule has 7 nitrogen and oxygen atoms in total. The minimum Gasteiger partial charge on any atom is -0.365 e. The number of aromatic nitrogens is 2. The zero-order valence-electron chi connectivity index (χ0n) is 16.8. The van der Waals surface area contributed by atoms with E-state index in [0.29, 0.717) is 42.2 Å². The molecule has 0 radical (unpaired) electrons. The quantitative estimate of drug-likeness (QED) is 0.460. The Bertz CT molecular complexity index is 1070. The van der Waals surface area contributed by atoms with Crippen molar-refractivity contribution >= 4 is 23.2 Å². The van der Waals surface area contributed by atoms with E-state index in [1.165, 1.54) is 18.2 Å². The van der Waals surface area contributed by atoms with Crippen LogP contribution in [0.2, 0.25) is 5.02 Å². The maximum atomic E-state index is 14.0. The van der Waals surface area contributed by atoms with Gasteiger partial charge in [-0.25, -0.2) is 8.78 Å². The van der Waals surface area contributed by atoms with Crippen molar-refractivity contribution < 1.29 is 13.3 Å². The molecule has 1 aliphatic heterocycles. The number of nitrogens with zero attached hydrogens (tertiary/aromatic N) is 4. The van der Waals surface area contributed by atoms with Gasteiger partial charge in [0.2, 0.25) is 11.7 Å². The van der Waals surface area contributed by atoms with E-state index >= 15 is 0 Å². The van der Waals surface area contributed by atoms with Crippen molar-refractivity contribution in [2.24, 2.45) is 4.99 Å². The SMILES string of the molecule is CN=C(NCc1nc(-c2cccc(Cl)c2)no1)NC1CCN(c2c(F)cccc2F)C1. The van der Waals surface area contributed by atoms with Crippen molar-refractivity contribution in [3.8, 4) is 11.4 Å². The van der Waals surface area contributed by atoms with Gasteiger partial charge in [0.15, 0.2) is 5.96 Å². The topological polar surface area (TPSA) is 78.6 Å². The Kier molecular flexibility index (Phi) is 6.31. The molecule has 0 saturated carbocycles. The fourth-order valence-electron chi connectivity index (χ4n) is 3.49. The van der Waals surface area contributed by atoms with Crippen molar-refractivity contribution in [1.82, 2.24) is 20.8 Å². The summed E-state index contributed by atoms with van der Waals surface area (Å²) in [6.45, 7) is 1.27. The number of guanidine groups is 1. The van der Waals surface area contributed by atoms with Gasteiger partial charge in [-0.15, -0.1) is 0 Å². The molecule has 0 aliphatic carbocycles. The van der Waals surface area contributed by atoms with Crippen LogP contribution in [0.5, 0.6) is 0 Å². The van der Waals surface area contributed by atoms with Crippen molar-refractivity contribution in [3.05, 3.63) is 65.0 Å². The molecule has 2 N–H and O–H groups in total. The highest BCUT2D eigenvalue weighted by Gasteiger charge is 2.27. The molecule has 1 aliphatic rings. The Morgan fingerprint density at radius 2 is 2.03 bits per heavy atom. The molecule has 2 heterocycles. The van der Waals surface area contributed by atoms with E-state index in [1.807, 2.05) is 12.1 Å². The summed E-state index contributed by atoms with van der Waals surface area (Å²) in [6, 6.07) is 11.1. The first kappa shape index (κ1) is 21.0. The third-order valence-corrected chi connectivity index (χ3v) is 5.20. The van der Waals surface area contributed by atoms with Crippen LogP contribution in [0.25, 0.3) is 11.4 Å². The second-order valence-corrected chi connectivity index (χ2v) is 7.53. The van der Waals surface area contributed by atoms with E-state index in [-0.39, 0.29) is 18.3 Å². The first-order valence-corrected chi connectivity index (χ1v) is 10.2. The Hall–Kier alpha value is -3.20. The maximum Gasteiger partial charge on any atom is 0.246 e. The minimum atomic E-state index is -0.560. The van der Waals surface area contributed by atoms with Crippen LogP contribution in [-0.2, 0) is 6.54 Å². The number of halogens is 3. The summed E-state index contributed by atoms with van der Waals surface area (Å²) in [4.78, 5) is 10.3. The standard InChI is InChI=1S/C21H21ClF2N6O/c1-25-21(26-11-18-28-20(29-31-18)13-4-2-5-14(22)10-13)27-15-8-9-30(12-15)19-16(23)6-3-7-17(19)24/h2-7,10,15H,8-9,11-12H2,1H3,(H2,25,26,27). The predicted octanol–water partition coefficient (Wildman–Crippen LogP) is 3.61. The van der Waals surface area contributed by atoms with Crippen molar-refractivity contribution in [3.63, 3.8) is 0 Å². The smallest absolute Gasteiger partial charge is 0.246 e. The molecule has 0 amide bonds. The Labute approximate surface area is 183 Å². The number of benzene rings is 2. The lowest BCUT2D eigenvalue weighted by Gasteiger charge is -2.21. The van der Waals surface area contributed by atoms with Gasteiger partial charge in [-0.1, -0.05) is 35.0 Å². The van der Waals surface area contributed by atoms with Crippen LogP contribution >= 0.6 is 11.6 Å². The molecule has 1 fully saturated rings. The van der Waals surface area contributed by atoms with Crippen LogP contribution in [0.15, 0.2) is 52.0 Å². The first-order chi connectivity index (χ1) is 15.0. The summed E-state index contributed by atoms with van der Waals surface area (Å²) in [7, 11) is 1.64. The molecular weight excluding hydrogens is 426 g/mol. The lowest BCUT2D eigenvalue weighted by molar-refractivity contribution is 0.375. The zero-order valence-corrected chi connectivity index (χ0v) is 17.5. The summed E-state index contributed by atoms with van der Waals surface area (Å²) in [5, 5.41) is 10.9. The van der Waals surface area contributed by atoms with Crippen molar-refractivity contribution in [2.75, 3.05) is 25.0 Å². The van der Waals surface area contributed by atoms with Crippen molar-refractivity contribution in [1.29, 1.82) is 0 Å². The average Bonchev–Trinajstić information content (AvgIpc) is 3.41. The fraction of sp³-hybridized carbons (Fsp3) is 0.286. The number of nitrogens with one attached hydrogen (secondary N) is 2. The fourth-order valence-corrected chi connectivity index (χ4v) is 3.68. The second kappa shape index (κ2) is 9.30. The van der Waals surface area contributed by atoms with Crippen LogP contribution < -0.4 is 15.5 Å². The highest BCUT2D eigenvalue weighted by molar-refractivity contribution is 6.30. The highest BCUT2D eigenvalue weighted by atomic mass is 35.5. The van der Waals surface area contributed by atoms with Crippen LogP contribution in [0, 0.1) is 11.6 Å². The summed E-state index contributed by atoms with van der Waals surface area (Å²) >= 11 is 6.00. The molecule has 162 valence electrons. The van der Waals surface area contributed by atoms with Gasteiger partial charge in [0.05, 0.1) is 6.54 Å². The van der Waals surface area contributed by atoms with Gasteiger partial charge in [0.25, 0.3) is 0 Å². The van der Waals surface area contributed by atoms with Crippen LogP contribution in [0.4, 0.5) is 14.5 Å². The Balaban J connectivity index is 1.33. The number of para-hydroxylation sites is 1. The number of rotatable bonds is 5. The molecule has 4 rings (SSSR count). The molecule has 1 aromatic heterocycles. The average molecular weight is 447 g/mol.